The van der Waals surface area contributed by atoms with Gasteiger partial charge in [-0.15, -0.1) is 11.3 Å². The SMILES string of the molecule is CCOc1cccc(CNC)c1OCc1cc(Br)cs1. The van der Waals surface area contributed by atoms with E-state index in [1.807, 2.05) is 26.1 Å². The topological polar surface area (TPSA) is 30.5 Å². The van der Waals surface area contributed by atoms with Gasteiger partial charge in [-0.3, -0.25) is 0 Å². The average Bonchev–Trinajstić information content (AvgIpc) is 2.84. The molecule has 0 radical (unpaired) electrons. The lowest BCUT2D eigenvalue weighted by Gasteiger charge is -2.15. The first-order valence-electron chi connectivity index (χ1n) is 6.49. The third-order valence-corrected chi connectivity index (χ3v) is 4.38. The second-order valence-electron chi connectivity index (χ2n) is 4.23. The average molecular weight is 356 g/mol. The number of rotatable bonds is 7. The zero-order chi connectivity index (χ0) is 14.4. The standard InChI is InChI=1S/C15H18BrNO2S/c1-3-18-14-6-4-5-11(8-17-2)15(14)19-9-13-7-12(16)10-20-13/h4-7,10,17H,3,8-9H2,1-2H3. The number of hydrogen-bond acceptors (Lipinski definition) is 4. The zero-order valence-electron chi connectivity index (χ0n) is 11.6. The van der Waals surface area contributed by atoms with Gasteiger partial charge in [0, 0.05) is 26.8 Å². The zero-order valence-corrected chi connectivity index (χ0v) is 14.0. The Morgan fingerprint density at radius 3 is 2.80 bits per heavy atom. The van der Waals surface area contributed by atoms with E-state index in [9.17, 15) is 0 Å². The Labute approximate surface area is 132 Å². The first-order valence-corrected chi connectivity index (χ1v) is 8.16. The predicted octanol–water partition coefficient (Wildman–Crippen LogP) is 4.21. The molecule has 0 amide bonds. The van der Waals surface area contributed by atoms with Gasteiger partial charge in [0.05, 0.1) is 6.61 Å². The van der Waals surface area contributed by atoms with Gasteiger partial charge in [0.15, 0.2) is 11.5 Å². The molecule has 0 aliphatic rings. The van der Waals surface area contributed by atoms with Crippen LogP contribution in [0.1, 0.15) is 17.4 Å². The van der Waals surface area contributed by atoms with Crippen molar-refractivity contribution in [3.05, 3.63) is 44.6 Å². The molecule has 5 heteroatoms. The molecule has 0 saturated heterocycles. The van der Waals surface area contributed by atoms with Gasteiger partial charge >= 0.3 is 0 Å². The van der Waals surface area contributed by atoms with Crippen molar-refractivity contribution in [3.63, 3.8) is 0 Å². The summed E-state index contributed by atoms with van der Waals surface area (Å²) in [5, 5.41) is 5.21. The third-order valence-electron chi connectivity index (χ3n) is 2.71. The van der Waals surface area contributed by atoms with E-state index in [-0.39, 0.29) is 0 Å². The van der Waals surface area contributed by atoms with Gasteiger partial charge in [-0.2, -0.15) is 0 Å². The van der Waals surface area contributed by atoms with Crippen molar-refractivity contribution < 1.29 is 9.47 Å². The van der Waals surface area contributed by atoms with Crippen molar-refractivity contribution in [1.82, 2.24) is 5.32 Å². The third kappa shape index (κ3) is 3.98. The molecule has 2 rings (SSSR count). The molecule has 3 nitrogen and oxygen atoms in total. The van der Waals surface area contributed by atoms with Crippen molar-refractivity contribution in [2.24, 2.45) is 0 Å². The highest BCUT2D eigenvalue weighted by molar-refractivity contribution is 9.10. The minimum absolute atomic E-state index is 0.553. The predicted molar refractivity (Wildman–Crippen MR) is 86.7 cm³/mol. The van der Waals surface area contributed by atoms with Crippen LogP contribution in [0.5, 0.6) is 11.5 Å². The van der Waals surface area contributed by atoms with Crippen molar-refractivity contribution in [1.29, 1.82) is 0 Å². The molecular weight excluding hydrogens is 338 g/mol. The Balaban J connectivity index is 2.18. The van der Waals surface area contributed by atoms with Gasteiger partial charge < -0.3 is 14.8 Å². The molecule has 1 aromatic heterocycles. The second-order valence-corrected chi connectivity index (χ2v) is 6.14. The Kier molecular flexibility index (Phi) is 5.88. The van der Waals surface area contributed by atoms with E-state index in [1.165, 1.54) is 4.88 Å². The van der Waals surface area contributed by atoms with Gasteiger partial charge in [-0.25, -0.2) is 0 Å². The van der Waals surface area contributed by atoms with E-state index < -0.39 is 0 Å². The van der Waals surface area contributed by atoms with Crippen molar-refractivity contribution in [2.75, 3.05) is 13.7 Å². The molecule has 0 spiro atoms. The molecule has 0 aliphatic carbocycles. The molecule has 108 valence electrons. The highest BCUT2D eigenvalue weighted by atomic mass is 79.9. The fourth-order valence-electron chi connectivity index (χ4n) is 1.90. The number of halogens is 1. The summed E-state index contributed by atoms with van der Waals surface area (Å²) in [5.74, 6) is 1.63. The van der Waals surface area contributed by atoms with Gasteiger partial charge in [0.1, 0.15) is 6.61 Å². The molecular formula is C15H18BrNO2S. The summed E-state index contributed by atoms with van der Waals surface area (Å²) in [6, 6.07) is 8.07. The van der Waals surface area contributed by atoms with E-state index in [0.29, 0.717) is 13.2 Å². The summed E-state index contributed by atoms with van der Waals surface area (Å²) in [5.41, 5.74) is 1.11. The summed E-state index contributed by atoms with van der Waals surface area (Å²) in [4.78, 5) is 1.18. The van der Waals surface area contributed by atoms with Gasteiger partial charge in [0.2, 0.25) is 0 Å². The van der Waals surface area contributed by atoms with Crippen LogP contribution in [0.15, 0.2) is 34.1 Å². The summed E-state index contributed by atoms with van der Waals surface area (Å²) in [6.45, 7) is 3.91. The number of ether oxygens (including phenoxy) is 2. The van der Waals surface area contributed by atoms with E-state index in [1.54, 1.807) is 11.3 Å². The minimum atomic E-state index is 0.553. The van der Waals surface area contributed by atoms with Crippen LogP contribution in [-0.2, 0) is 13.2 Å². The fraction of sp³-hybridized carbons (Fsp3) is 0.333. The molecule has 0 fully saturated rings. The summed E-state index contributed by atoms with van der Waals surface area (Å²) < 4.78 is 12.7. The van der Waals surface area contributed by atoms with Crippen LogP contribution in [0, 0.1) is 0 Å². The molecule has 1 heterocycles. The lowest BCUT2D eigenvalue weighted by molar-refractivity contribution is 0.268. The lowest BCUT2D eigenvalue weighted by atomic mass is 10.2. The quantitative estimate of drug-likeness (QED) is 0.806. The molecule has 0 atom stereocenters. The van der Waals surface area contributed by atoms with Crippen LogP contribution in [0.2, 0.25) is 0 Å². The Bertz CT molecular complexity index is 532. The maximum Gasteiger partial charge on any atom is 0.166 e. The normalized spacial score (nSPS) is 10.6. The van der Waals surface area contributed by atoms with E-state index in [4.69, 9.17) is 9.47 Å². The molecule has 0 bridgehead atoms. The monoisotopic (exact) mass is 355 g/mol. The number of nitrogens with one attached hydrogen (secondary N) is 1. The van der Waals surface area contributed by atoms with Gasteiger partial charge in [0.25, 0.3) is 0 Å². The van der Waals surface area contributed by atoms with Crippen LogP contribution in [0.3, 0.4) is 0 Å². The highest BCUT2D eigenvalue weighted by Gasteiger charge is 2.11. The molecule has 2 aromatic rings. The first kappa shape index (κ1) is 15.4. The van der Waals surface area contributed by atoms with Gasteiger partial charge in [-0.1, -0.05) is 12.1 Å². The van der Waals surface area contributed by atoms with E-state index in [0.717, 1.165) is 28.1 Å². The molecule has 20 heavy (non-hydrogen) atoms. The fourth-order valence-corrected chi connectivity index (χ4v) is 3.26. The first-order chi connectivity index (χ1) is 9.74. The Hall–Kier alpha value is -1.04. The maximum absolute atomic E-state index is 6.00. The molecule has 0 unspecified atom stereocenters. The maximum atomic E-state index is 6.00. The van der Waals surface area contributed by atoms with Crippen LogP contribution >= 0.6 is 27.3 Å². The number of thiophene rings is 1. The van der Waals surface area contributed by atoms with E-state index in [2.05, 4.69) is 38.8 Å². The number of para-hydroxylation sites is 1. The van der Waals surface area contributed by atoms with Crippen LogP contribution < -0.4 is 14.8 Å². The molecule has 0 aliphatic heterocycles. The minimum Gasteiger partial charge on any atom is -0.490 e. The van der Waals surface area contributed by atoms with Crippen LogP contribution in [0.25, 0.3) is 0 Å². The largest absolute Gasteiger partial charge is 0.490 e. The summed E-state index contributed by atoms with van der Waals surface area (Å²) >= 11 is 5.14. The van der Waals surface area contributed by atoms with Gasteiger partial charge in [-0.05, 0) is 42.0 Å². The Morgan fingerprint density at radius 2 is 2.15 bits per heavy atom. The lowest BCUT2D eigenvalue weighted by Crippen LogP contribution is -2.08. The van der Waals surface area contributed by atoms with Crippen LogP contribution in [-0.4, -0.2) is 13.7 Å². The van der Waals surface area contributed by atoms with Crippen molar-refractivity contribution >= 4 is 27.3 Å². The summed E-state index contributed by atoms with van der Waals surface area (Å²) in [7, 11) is 1.92. The molecule has 1 N–H and O–H groups in total. The molecule has 1 aromatic carbocycles. The Morgan fingerprint density at radius 1 is 1.30 bits per heavy atom. The number of hydrogen-bond donors (Lipinski definition) is 1. The molecule has 0 saturated carbocycles. The summed E-state index contributed by atoms with van der Waals surface area (Å²) in [6.07, 6.45) is 0. The highest BCUT2D eigenvalue weighted by Crippen LogP contribution is 2.33. The van der Waals surface area contributed by atoms with Crippen molar-refractivity contribution in [2.45, 2.75) is 20.1 Å². The smallest absolute Gasteiger partial charge is 0.166 e. The van der Waals surface area contributed by atoms with E-state index >= 15 is 0 Å². The van der Waals surface area contributed by atoms with Crippen LogP contribution in [0.4, 0.5) is 0 Å². The second kappa shape index (κ2) is 7.67. The van der Waals surface area contributed by atoms with Crippen molar-refractivity contribution in [3.8, 4) is 11.5 Å². The number of benzene rings is 1.